The minimum absolute atomic E-state index is 0.0302. The molecule has 0 spiro atoms. The summed E-state index contributed by atoms with van der Waals surface area (Å²) in [6.45, 7) is 8.61. The maximum Gasteiger partial charge on any atom is 0.164 e. The monoisotopic (exact) mass is 277 g/mol. The van der Waals surface area contributed by atoms with E-state index < -0.39 is 0 Å². The van der Waals surface area contributed by atoms with Crippen molar-refractivity contribution < 1.29 is 9.18 Å². The summed E-state index contributed by atoms with van der Waals surface area (Å²) in [4.78, 5) is 14.5. The lowest BCUT2D eigenvalue weighted by atomic mass is 9.86. The van der Waals surface area contributed by atoms with Crippen molar-refractivity contribution in [1.82, 2.24) is 4.90 Å². The highest BCUT2D eigenvalue weighted by Gasteiger charge is 2.28. The molecule has 0 radical (unpaired) electrons. The molecule has 1 fully saturated rings. The van der Waals surface area contributed by atoms with Gasteiger partial charge in [0.25, 0.3) is 0 Å². The van der Waals surface area contributed by atoms with Crippen LogP contribution in [0.25, 0.3) is 0 Å². The number of rotatable bonds is 4. The zero-order valence-corrected chi connectivity index (χ0v) is 12.6. The Bertz CT molecular complexity index is 474. The van der Waals surface area contributed by atoms with Gasteiger partial charge in [0.1, 0.15) is 5.82 Å². The number of carbonyl (C=O) groups is 1. The summed E-state index contributed by atoms with van der Waals surface area (Å²) in [6, 6.07) is 6.50. The van der Waals surface area contributed by atoms with Crippen LogP contribution in [0.4, 0.5) is 4.39 Å². The molecule has 3 unspecified atom stereocenters. The van der Waals surface area contributed by atoms with Crippen molar-refractivity contribution in [2.75, 3.05) is 13.1 Å². The van der Waals surface area contributed by atoms with E-state index >= 15 is 0 Å². The number of Topliss-reactive ketones (excluding diaryl/α,β-unsaturated/α-hetero) is 1. The van der Waals surface area contributed by atoms with Gasteiger partial charge in [-0.3, -0.25) is 9.69 Å². The Morgan fingerprint density at radius 2 is 2.10 bits per heavy atom. The minimum atomic E-state index is -0.343. The number of ketones is 1. The minimum Gasteiger partial charge on any atom is -0.300 e. The largest absolute Gasteiger partial charge is 0.300 e. The summed E-state index contributed by atoms with van der Waals surface area (Å²) in [5.41, 5.74) is 0.482. The Balaban J connectivity index is 1.92. The van der Waals surface area contributed by atoms with Crippen LogP contribution >= 0.6 is 0 Å². The maximum absolute atomic E-state index is 13.1. The van der Waals surface area contributed by atoms with Gasteiger partial charge in [0.15, 0.2) is 5.78 Å². The lowest BCUT2D eigenvalue weighted by molar-refractivity contribution is 0.0720. The molecule has 110 valence electrons. The first-order chi connectivity index (χ1) is 9.47. The Morgan fingerprint density at radius 1 is 1.35 bits per heavy atom. The van der Waals surface area contributed by atoms with Gasteiger partial charge in [-0.25, -0.2) is 4.39 Å². The van der Waals surface area contributed by atoms with E-state index in [4.69, 9.17) is 0 Å². The number of benzene rings is 1. The Hall–Kier alpha value is -1.22. The van der Waals surface area contributed by atoms with Crippen molar-refractivity contribution in [3.05, 3.63) is 35.6 Å². The second-order valence-corrected chi connectivity index (χ2v) is 6.24. The Morgan fingerprint density at radius 3 is 2.80 bits per heavy atom. The smallest absolute Gasteiger partial charge is 0.164 e. The number of piperidine rings is 1. The van der Waals surface area contributed by atoms with Gasteiger partial charge in [0.05, 0.1) is 0 Å². The van der Waals surface area contributed by atoms with Crippen molar-refractivity contribution in [1.29, 1.82) is 0 Å². The summed E-state index contributed by atoms with van der Waals surface area (Å²) in [7, 11) is 0. The SMILES string of the molecule is CC1CC(C)C(C)N(CCC(=O)c2cccc(F)c2)C1. The average molecular weight is 277 g/mol. The molecule has 1 aromatic rings. The van der Waals surface area contributed by atoms with E-state index in [-0.39, 0.29) is 11.6 Å². The molecular weight excluding hydrogens is 253 g/mol. The molecule has 2 rings (SSSR count). The van der Waals surface area contributed by atoms with Crippen LogP contribution in [0.5, 0.6) is 0 Å². The van der Waals surface area contributed by atoms with Crippen molar-refractivity contribution in [3.8, 4) is 0 Å². The van der Waals surface area contributed by atoms with Crippen molar-refractivity contribution >= 4 is 5.78 Å². The summed E-state index contributed by atoms with van der Waals surface area (Å²) in [5, 5.41) is 0. The third-order valence-corrected chi connectivity index (χ3v) is 4.49. The predicted octanol–water partition coefficient (Wildman–Crippen LogP) is 3.76. The van der Waals surface area contributed by atoms with Crippen molar-refractivity contribution in [2.45, 2.75) is 39.7 Å². The van der Waals surface area contributed by atoms with Crippen molar-refractivity contribution in [2.24, 2.45) is 11.8 Å². The standard InChI is InChI=1S/C17H24FNO/c1-12-9-13(2)14(3)19(11-12)8-7-17(20)15-5-4-6-16(18)10-15/h4-6,10,12-14H,7-9,11H2,1-3H3. The van der Waals surface area contributed by atoms with Crippen LogP contribution in [0.2, 0.25) is 0 Å². The molecule has 1 aliphatic heterocycles. The van der Waals surface area contributed by atoms with E-state index in [0.717, 1.165) is 13.1 Å². The first-order valence-corrected chi connectivity index (χ1v) is 7.50. The summed E-state index contributed by atoms with van der Waals surface area (Å²) in [6.07, 6.45) is 1.72. The molecule has 0 aliphatic carbocycles. The molecule has 2 nitrogen and oxygen atoms in total. The summed E-state index contributed by atoms with van der Waals surface area (Å²) >= 11 is 0. The van der Waals surface area contributed by atoms with E-state index in [9.17, 15) is 9.18 Å². The lowest BCUT2D eigenvalue weighted by Crippen LogP contribution is -2.46. The number of likely N-dealkylation sites (tertiary alicyclic amines) is 1. The molecule has 0 bridgehead atoms. The van der Waals surface area contributed by atoms with Gasteiger partial charge >= 0.3 is 0 Å². The molecule has 1 saturated heterocycles. The highest BCUT2D eigenvalue weighted by Crippen LogP contribution is 2.27. The van der Waals surface area contributed by atoms with Crippen LogP contribution < -0.4 is 0 Å². The van der Waals surface area contributed by atoms with E-state index in [2.05, 4.69) is 25.7 Å². The molecule has 3 atom stereocenters. The quantitative estimate of drug-likeness (QED) is 0.781. The van der Waals surface area contributed by atoms with Gasteiger partial charge < -0.3 is 0 Å². The Kier molecular flexibility index (Phi) is 4.92. The molecule has 1 aliphatic rings. The van der Waals surface area contributed by atoms with Gasteiger partial charge in [-0.05, 0) is 37.3 Å². The topological polar surface area (TPSA) is 20.3 Å². The highest BCUT2D eigenvalue weighted by molar-refractivity contribution is 5.96. The molecular formula is C17H24FNO. The molecule has 0 saturated carbocycles. The molecule has 0 N–H and O–H groups in total. The molecule has 1 aromatic carbocycles. The number of carbonyl (C=O) groups excluding carboxylic acids is 1. The number of nitrogens with zero attached hydrogens (tertiary/aromatic N) is 1. The van der Waals surface area contributed by atoms with Crippen LogP contribution in [-0.2, 0) is 0 Å². The number of halogens is 1. The number of hydrogen-bond donors (Lipinski definition) is 0. The van der Waals surface area contributed by atoms with Crippen LogP contribution in [0.3, 0.4) is 0 Å². The van der Waals surface area contributed by atoms with Crippen molar-refractivity contribution in [3.63, 3.8) is 0 Å². The predicted molar refractivity (Wildman–Crippen MR) is 79.3 cm³/mol. The Labute approximate surface area is 121 Å². The van der Waals surface area contributed by atoms with Crippen LogP contribution in [-0.4, -0.2) is 29.8 Å². The molecule has 0 amide bonds. The van der Waals surface area contributed by atoms with Gasteiger partial charge in [0.2, 0.25) is 0 Å². The van der Waals surface area contributed by atoms with Crippen LogP contribution in [0, 0.1) is 17.7 Å². The molecule has 1 heterocycles. The first kappa shape index (κ1) is 15.2. The second kappa shape index (κ2) is 6.49. The molecule has 20 heavy (non-hydrogen) atoms. The number of hydrogen-bond acceptors (Lipinski definition) is 2. The van der Waals surface area contributed by atoms with E-state index in [1.165, 1.54) is 18.6 Å². The van der Waals surface area contributed by atoms with E-state index in [1.54, 1.807) is 12.1 Å². The van der Waals surface area contributed by atoms with Crippen LogP contribution in [0.15, 0.2) is 24.3 Å². The third kappa shape index (κ3) is 3.66. The van der Waals surface area contributed by atoms with Gasteiger partial charge in [-0.1, -0.05) is 26.0 Å². The van der Waals surface area contributed by atoms with Crippen LogP contribution in [0.1, 0.15) is 44.0 Å². The molecule has 3 heteroatoms. The average Bonchev–Trinajstić information content (AvgIpc) is 2.40. The second-order valence-electron chi connectivity index (χ2n) is 6.24. The normalized spacial score (nSPS) is 27.5. The third-order valence-electron chi connectivity index (χ3n) is 4.49. The molecule has 0 aromatic heterocycles. The summed E-state index contributed by atoms with van der Waals surface area (Å²) < 4.78 is 13.1. The highest BCUT2D eigenvalue weighted by atomic mass is 19.1. The fourth-order valence-electron chi connectivity index (χ4n) is 3.18. The van der Waals surface area contributed by atoms with Gasteiger partial charge in [0, 0.05) is 31.1 Å². The zero-order chi connectivity index (χ0) is 14.7. The maximum atomic E-state index is 13.1. The van der Waals surface area contributed by atoms with Gasteiger partial charge in [-0.15, -0.1) is 0 Å². The van der Waals surface area contributed by atoms with E-state index in [1.807, 2.05) is 0 Å². The zero-order valence-electron chi connectivity index (χ0n) is 12.6. The fourth-order valence-corrected chi connectivity index (χ4v) is 3.18. The van der Waals surface area contributed by atoms with Gasteiger partial charge in [-0.2, -0.15) is 0 Å². The fraction of sp³-hybridized carbons (Fsp3) is 0.588. The lowest BCUT2D eigenvalue weighted by Gasteiger charge is -2.41. The first-order valence-electron chi connectivity index (χ1n) is 7.50. The van der Waals surface area contributed by atoms with E-state index in [0.29, 0.717) is 29.9 Å². The summed E-state index contributed by atoms with van der Waals surface area (Å²) in [5.74, 6) is 1.04.